The molecule has 5 amide bonds. The maximum absolute atomic E-state index is 14.0. The molecule has 0 radical (unpaired) electrons. The predicted octanol–water partition coefficient (Wildman–Crippen LogP) is 0.0629. The van der Waals surface area contributed by atoms with E-state index in [1.165, 1.54) is 0 Å². The molecular weight excluding hydrogens is 820 g/mol. The summed E-state index contributed by atoms with van der Waals surface area (Å²) in [6, 6.07) is 15.0. The van der Waals surface area contributed by atoms with Crippen molar-refractivity contribution in [1.29, 1.82) is 0 Å². The van der Waals surface area contributed by atoms with Gasteiger partial charge >= 0.3 is 5.97 Å². The van der Waals surface area contributed by atoms with Crippen molar-refractivity contribution in [3.63, 3.8) is 0 Å². The first-order valence-corrected chi connectivity index (χ1v) is 21.7. The Morgan fingerprint density at radius 3 is 1.55 bits per heavy atom. The highest BCUT2D eigenvalue weighted by molar-refractivity contribution is 6.28. The lowest BCUT2D eigenvalue weighted by Gasteiger charge is -2.34. The number of piperazine rings is 1. The summed E-state index contributed by atoms with van der Waals surface area (Å²) in [6.07, 6.45) is 1.89. The van der Waals surface area contributed by atoms with E-state index in [2.05, 4.69) is 41.4 Å². The summed E-state index contributed by atoms with van der Waals surface area (Å²) in [5, 5.41) is 22.6. The number of hydrogen-bond donors (Lipinski definition) is 8. The van der Waals surface area contributed by atoms with Gasteiger partial charge < -0.3 is 53.0 Å². The Morgan fingerprint density at radius 2 is 1.08 bits per heavy atom. The molecule has 340 valence electrons. The van der Waals surface area contributed by atoms with Crippen molar-refractivity contribution in [1.82, 2.24) is 36.4 Å². The summed E-state index contributed by atoms with van der Waals surface area (Å²) in [5.74, 6) is -4.10. The number of carbonyl (C=O) groups excluding carboxylic acids is 6. The van der Waals surface area contributed by atoms with E-state index in [1.54, 1.807) is 12.1 Å². The minimum atomic E-state index is -1.12. The molecule has 3 atom stereocenters. The van der Waals surface area contributed by atoms with Crippen molar-refractivity contribution in [2.75, 3.05) is 64.8 Å². The van der Waals surface area contributed by atoms with Crippen LogP contribution in [0.15, 0.2) is 65.7 Å². The Kier molecular flexibility index (Phi) is 23.6. The number of Topliss-reactive ketones (excluding diaryl/α,β-unsaturated/α-hetero) is 1. The van der Waals surface area contributed by atoms with Crippen LogP contribution in [0.1, 0.15) is 62.5 Å². The van der Waals surface area contributed by atoms with Gasteiger partial charge in [0.25, 0.3) is 0 Å². The number of halogens is 1. The Bertz CT molecular complexity index is 1760. The summed E-state index contributed by atoms with van der Waals surface area (Å²) in [7, 11) is 0. The first-order chi connectivity index (χ1) is 29.8. The third kappa shape index (κ3) is 21.3. The van der Waals surface area contributed by atoms with Gasteiger partial charge in [0, 0.05) is 77.9 Å². The number of carboxylic acid groups (broad SMARTS) is 1. The molecule has 1 aliphatic heterocycles. The van der Waals surface area contributed by atoms with Gasteiger partial charge in [-0.3, -0.25) is 38.6 Å². The average Bonchev–Trinajstić information content (AvgIpc) is 3.26. The molecule has 1 aliphatic rings. The summed E-state index contributed by atoms with van der Waals surface area (Å²) >= 11 is 5.87. The van der Waals surface area contributed by atoms with Crippen LogP contribution in [-0.2, 0) is 46.4 Å². The number of nitrogens with one attached hydrogen (secondary N) is 5. The lowest BCUT2D eigenvalue weighted by atomic mass is 10.0. The number of guanidine groups is 1. The summed E-state index contributed by atoms with van der Waals surface area (Å²) in [6.45, 7) is 6.36. The Labute approximate surface area is 368 Å². The Balaban J connectivity index is 1.49. The Hall–Kier alpha value is -5.59. The summed E-state index contributed by atoms with van der Waals surface area (Å²) in [4.78, 5) is 97.3. The van der Waals surface area contributed by atoms with E-state index >= 15 is 0 Å². The zero-order valence-electron chi connectivity index (χ0n) is 35.3. The van der Waals surface area contributed by atoms with Gasteiger partial charge in [-0.15, -0.1) is 11.6 Å². The predicted molar refractivity (Wildman–Crippen MR) is 236 cm³/mol. The van der Waals surface area contributed by atoms with Gasteiger partial charge in [-0.2, -0.15) is 0 Å². The number of alkyl halides is 1. The molecule has 2 aromatic rings. The molecule has 0 saturated carbocycles. The van der Waals surface area contributed by atoms with Crippen molar-refractivity contribution in [3.8, 4) is 0 Å². The van der Waals surface area contributed by atoms with Gasteiger partial charge in [-0.1, -0.05) is 60.7 Å². The Morgan fingerprint density at radius 1 is 0.629 bits per heavy atom. The molecule has 3 unspecified atom stereocenters. The van der Waals surface area contributed by atoms with E-state index in [0.29, 0.717) is 19.5 Å². The maximum Gasteiger partial charge on any atom is 0.303 e. The van der Waals surface area contributed by atoms with E-state index < -0.39 is 47.6 Å². The number of nitrogens with two attached hydrogens (primary N) is 2. The molecule has 0 spiro atoms. The third-order valence-electron chi connectivity index (χ3n) is 10.2. The van der Waals surface area contributed by atoms with Crippen molar-refractivity contribution in [3.05, 3.63) is 71.8 Å². The van der Waals surface area contributed by atoms with Crippen LogP contribution >= 0.6 is 11.6 Å². The van der Waals surface area contributed by atoms with E-state index in [9.17, 15) is 33.6 Å². The number of rotatable bonds is 29. The van der Waals surface area contributed by atoms with E-state index in [-0.39, 0.29) is 75.1 Å². The average molecular weight is 883 g/mol. The minimum absolute atomic E-state index is 0.0176. The number of benzene rings is 2. The molecule has 19 heteroatoms. The zero-order valence-corrected chi connectivity index (χ0v) is 36.1. The van der Waals surface area contributed by atoms with Crippen LogP contribution in [0.2, 0.25) is 0 Å². The first-order valence-electron chi connectivity index (χ1n) is 21.1. The van der Waals surface area contributed by atoms with Crippen LogP contribution in [0.3, 0.4) is 0 Å². The number of nitrogens with zero attached hydrogens (tertiary/aromatic N) is 3. The maximum atomic E-state index is 14.0. The highest BCUT2D eigenvalue weighted by Gasteiger charge is 2.30. The quantitative estimate of drug-likeness (QED) is 0.0233. The van der Waals surface area contributed by atoms with Crippen molar-refractivity contribution < 1.29 is 38.7 Å². The molecule has 2 aromatic carbocycles. The summed E-state index contributed by atoms with van der Waals surface area (Å²) in [5.41, 5.74) is 12.3. The van der Waals surface area contributed by atoms with Crippen LogP contribution in [0.4, 0.5) is 0 Å². The van der Waals surface area contributed by atoms with Crippen molar-refractivity contribution in [2.24, 2.45) is 16.5 Å². The number of carbonyl (C=O) groups is 7. The lowest BCUT2D eigenvalue weighted by molar-refractivity contribution is -0.138. The van der Waals surface area contributed by atoms with Crippen LogP contribution in [-0.4, -0.2) is 145 Å². The van der Waals surface area contributed by atoms with Gasteiger partial charge in [-0.25, -0.2) is 0 Å². The molecule has 1 saturated heterocycles. The molecule has 10 N–H and O–H groups in total. The number of ketones is 1. The third-order valence-corrected chi connectivity index (χ3v) is 10.5. The summed E-state index contributed by atoms with van der Waals surface area (Å²) < 4.78 is 0. The molecule has 0 bridgehead atoms. The van der Waals surface area contributed by atoms with Crippen LogP contribution < -0.4 is 38.1 Å². The van der Waals surface area contributed by atoms with Gasteiger partial charge in [0.05, 0.1) is 18.3 Å². The molecule has 18 nitrogen and oxygen atoms in total. The fraction of sp³-hybridized carbons (Fsp3) is 0.535. The van der Waals surface area contributed by atoms with Gasteiger partial charge in [0.15, 0.2) is 11.7 Å². The smallest absolute Gasteiger partial charge is 0.303 e. The molecule has 3 rings (SSSR count). The van der Waals surface area contributed by atoms with Gasteiger partial charge in [-0.05, 0) is 49.9 Å². The fourth-order valence-electron chi connectivity index (χ4n) is 6.76. The second-order valence-electron chi connectivity index (χ2n) is 15.2. The van der Waals surface area contributed by atoms with E-state index in [4.69, 9.17) is 28.2 Å². The molecule has 1 fully saturated rings. The normalized spacial score (nSPS) is 14.3. The monoisotopic (exact) mass is 882 g/mol. The first kappa shape index (κ1) is 50.8. The van der Waals surface area contributed by atoms with Crippen LogP contribution in [0.25, 0.3) is 0 Å². The minimum Gasteiger partial charge on any atom is -0.481 e. The number of aliphatic carboxylic acids is 1. The highest BCUT2D eigenvalue weighted by Crippen LogP contribution is 2.10. The molecular formula is C43H63ClN10O8. The molecule has 1 heterocycles. The van der Waals surface area contributed by atoms with E-state index in [1.807, 2.05) is 48.5 Å². The van der Waals surface area contributed by atoms with Gasteiger partial charge in [0.2, 0.25) is 29.5 Å². The number of carboxylic acids is 1. The van der Waals surface area contributed by atoms with Crippen molar-refractivity contribution in [2.45, 2.75) is 82.3 Å². The number of hydrogen-bond acceptors (Lipinski definition) is 10. The second-order valence-corrected chi connectivity index (χ2v) is 15.4. The number of aliphatic imine (C=N–C) groups is 1. The second kappa shape index (κ2) is 28.8. The lowest BCUT2D eigenvalue weighted by Crippen LogP contribution is -2.57. The standard InChI is InChI=1S/C43H63ClN10O8/c44-30-36(55)33(14-7-19-49-43(45)46)51-42(62)35(29-32-12-5-2-6-13-32)52-41(61)34(28-31-10-3-1-4-11-31)50-39(58)16-15-37(56)47-20-8-22-53-24-26-54(27-25-53)23-9-21-48-38(57)17-18-40(59)60/h1-6,10-13,33-35H,7-9,14-30H2,(H,47,56)(H,48,57)(H,50,58)(H,51,62)(H,52,61)(H,59,60)(H4,45,46,49). The van der Waals surface area contributed by atoms with Crippen molar-refractivity contribution >= 4 is 58.8 Å². The zero-order chi connectivity index (χ0) is 45.1. The van der Waals surface area contributed by atoms with Gasteiger partial charge in [0.1, 0.15) is 12.1 Å². The molecule has 0 aromatic heterocycles. The largest absolute Gasteiger partial charge is 0.481 e. The molecule has 62 heavy (non-hydrogen) atoms. The highest BCUT2D eigenvalue weighted by atomic mass is 35.5. The van der Waals surface area contributed by atoms with Crippen LogP contribution in [0, 0.1) is 0 Å². The van der Waals surface area contributed by atoms with E-state index in [0.717, 1.165) is 63.2 Å². The SMILES string of the molecule is NC(N)=NCCCC(NC(=O)C(Cc1ccccc1)NC(=O)C(Cc1ccccc1)NC(=O)CCC(=O)NCCCN1CCN(CCCNC(=O)CCC(=O)O)CC1)C(=O)CCl. The number of amides is 5. The van der Waals surface area contributed by atoms with Crippen LogP contribution in [0.5, 0.6) is 0 Å². The molecule has 0 aliphatic carbocycles. The fourth-order valence-corrected chi connectivity index (χ4v) is 6.95. The topological polar surface area (TPSA) is 271 Å².